The van der Waals surface area contributed by atoms with E-state index in [-0.39, 0.29) is 0 Å². The predicted molar refractivity (Wildman–Crippen MR) is 96.5 cm³/mol. The summed E-state index contributed by atoms with van der Waals surface area (Å²) in [5.74, 6) is 0.121. The van der Waals surface area contributed by atoms with Gasteiger partial charge in [0.05, 0.1) is 6.26 Å². The van der Waals surface area contributed by atoms with Crippen LogP contribution in [0.15, 0.2) is 93.3 Å². The molecule has 0 saturated carbocycles. The Morgan fingerprint density at radius 3 is 2.12 bits per heavy atom. The van der Waals surface area contributed by atoms with Gasteiger partial charge in [-0.3, -0.25) is 0 Å². The summed E-state index contributed by atoms with van der Waals surface area (Å²) in [7, 11) is 0. The average Bonchev–Trinajstić information content (AvgIpc) is 3.16. The van der Waals surface area contributed by atoms with Crippen molar-refractivity contribution in [2.75, 3.05) is 0 Å². The van der Waals surface area contributed by atoms with Crippen LogP contribution in [0.1, 0.15) is 23.8 Å². The minimum absolute atomic E-state index is 0.346. The largest absolute Gasteiger partial charge is 0.464 e. The van der Waals surface area contributed by atoms with Crippen LogP contribution >= 0.6 is 11.8 Å². The second-order valence-electron chi connectivity index (χ2n) is 5.92. The van der Waals surface area contributed by atoms with Gasteiger partial charge in [-0.25, -0.2) is 4.79 Å². The third-order valence-electron chi connectivity index (χ3n) is 4.22. The van der Waals surface area contributed by atoms with E-state index < -0.39 is 11.6 Å². The lowest BCUT2D eigenvalue weighted by atomic mass is 9.83. The zero-order valence-electron chi connectivity index (χ0n) is 13.7. The summed E-state index contributed by atoms with van der Waals surface area (Å²) in [5, 5.41) is 0. The van der Waals surface area contributed by atoms with Gasteiger partial charge < -0.3 is 9.15 Å². The molecule has 25 heavy (non-hydrogen) atoms. The molecule has 4 heteroatoms. The van der Waals surface area contributed by atoms with Crippen LogP contribution < -0.4 is 0 Å². The summed E-state index contributed by atoms with van der Waals surface area (Å²) in [5.41, 5.74) is 1.00. The van der Waals surface area contributed by atoms with Gasteiger partial charge in [0.25, 0.3) is 0 Å². The highest BCUT2D eigenvalue weighted by Crippen LogP contribution is 2.53. The molecule has 1 aliphatic rings. The quantitative estimate of drug-likeness (QED) is 0.484. The van der Waals surface area contributed by atoms with Crippen molar-refractivity contribution in [1.82, 2.24) is 0 Å². The minimum Gasteiger partial charge on any atom is -0.464 e. The first-order valence-corrected chi connectivity index (χ1v) is 8.74. The monoisotopic (exact) mass is 348 g/mol. The van der Waals surface area contributed by atoms with Gasteiger partial charge in [-0.2, -0.15) is 0 Å². The molecule has 0 spiro atoms. The van der Waals surface area contributed by atoms with Gasteiger partial charge in [-0.05, 0) is 31.2 Å². The molecule has 1 aromatic heterocycles. The van der Waals surface area contributed by atoms with E-state index in [1.54, 1.807) is 31.0 Å². The zero-order valence-corrected chi connectivity index (χ0v) is 14.5. The van der Waals surface area contributed by atoms with Crippen LogP contribution in [0, 0.1) is 0 Å². The predicted octanol–water partition coefficient (Wildman–Crippen LogP) is 5.16. The first-order valence-electron chi connectivity index (χ1n) is 7.92. The van der Waals surface area contributed by atoms with Gasteiger partial charge in [0, 0.05) is 26.5 Å². The summed E-state index contributed by atoms with van der Waals surface area (Å²) < 4.78 is 11.8. The first-order chi connectivity index (χ1) is 12.1. The van der Waals surface area contributed by atoms with Crippen LogP contribution in [0.2, 0.25) is 0 Å². The molecule has 0 fully saturated rings. The van der Waals surface area contributed by atoms with E-state index >= 15 is 0 Å². The van der Waals surface area contributed by atoms with Crippen molar-refractivity contribution in [2.45, 2.75) is 22.3 Å². The summed E-state index contributed by atoms with van der Waals surface area (Å²) in [6.07, 6.45) is 1.60. The van der Waals surface area contributed by atoms with E-state index in [0.717, 1.165) is 20.9 Å². The number of carbonyl (C=O) groups is 1. The fraction of sp³-hybridized carbons (Fsp3) is 0.0952. The molecule has 2 heterocycles. The van der Waals surface area contributed by atoms with Crippen LogP contribution in [0.25, 0.3) is 0 Å². The van der Waals surface area contributed by atoms with Gasteiger partial charge in [-0.15, -0.1) is 0 Å². The highest BCUT2D eigenvalue weighted by Gasteiger charge is 2.48. The number of benzene rings is 2. The molecule has 0 aliphatic carbocycles. The number of hydrogen-bond donors (Lipinski definition) is 0. The topological polar surface area (TPSA) is 39.4 Å². The molecule has 0 unspecified atom stereocenters. The van der Waals surface area contributed by atoms with Crippen LogP contribution in [-0.4, -0.2) is 5.97 Å². The number of furan rings is 1. The second kappa shape index (κ2) is 5.97. The molecular weight excluding hydrogens is 332 g/mol. The van der Waals surface area contributed by atoms with Gasteiger partial charge in [0.1, 0.15) is 0 Å². The molecule has 3 nitrogen and oxygen atoms in total. The number of esters is 1. The van der Waals surface area contributed by atoms with E-state index in [1.165, 1.54) is 0 Å². The van der Waals surface area contributed by atoms with Crippen molar-refractivity contribution < 1.29 is 13.9 Å². The van der Waals surface area contributed by atoms with E-state index in [4.69, 9.17) is 9.15 Å². The molecule has 0 saturated heterocycles. The molecule has 0 radical (unpaired) electrons. The Labute approximate surface area is 150 Å². The Morgan fingerprint density at radius 2 is 1.60 bits per heavy atom. The minimum atomic E-state index is -1.13. The van der Waals surface area contributed by atoms with Crippen LogP contribution in [0.3, 0.4) is 0 Å². The van der Waals surface area contributed by atoms with Crippen molar-refractivity contribution in [3.63, 3.8) is 0 Å². The number of carbonyl (C=O) groups excluding carboxylic acids is 1. The maximum absolute atomic E-state index is 12.6. The highest BCUT2D eigenvalue weighted by atomic mass is 32.2. The van der Waals surface area contributed by atoms with Crippen molar-refractivity contribution in [2.24, 2.45) is 0 Å². The Balaban J connectivity index is 2.06. The normalized spacial score (nSPS) is 14.3. The van der Waals surface area contributed by atoms with Gasteiger partial charge >= 0.3 is 5.97 Å². The van der Waals surface area contributed by atoms with E-state index in [1.807, 2.05) is 54.6 Å². The molecule has 4 rings (SSSR count). The zero-order chi connectivity index (χ0) is 17.4. The molecule has 2 aromatic carbocycles. The summed E-state index contributed by atoms with van der Waals surface area (Å²) in [6, 6.07) is 19.5. The molecule has 0 bridgehead atoms. The van der Waals surface area contributed by atoms with Gasteiger partial charge in [-0.1, -0.05) is 54.7 Å². The Hall–Kier alpha value is -2.72. The first kappa shape index (κ1) is 15.8. The Morgan fingerprint density at radius 1 is 1.00 bits per heavy atom. The van der Waals surface area contributed by atoms with Crippen molar-refractivity contribution in [3.8, 4) is 0 Å². The van der Waals surface area contributed by atoms with Gasteiger partial charge in [0.15, 0.2) is 5.76 Å². The molecule has 3 aromatic rings. The van der Waals surface area contributed by atoms with Crippen molar-refractivity contribution >= 4 is 17.7 Å². The molecular formula is C21H16O3S. The maximum atomic E-state index is 12.6. The fourth-order valence-electron chi connectivity index (χ4n) is 3.09. The van der Waals surface area contributed by atoms with Crippen molar-refractivity contribution in [3.05, 3.63) is 96.0 Å². The highest BCUT2D eigenvalue weighted by molar-refractivity contribution is 7.99. The SMILES string of the molecule is C=C(C)C(=O)OC1(c2ccco2)c2ccccc2Sc2ccccc21. The van der Waals surface area contributed by atoms with Gasteiger partial charge in [0.2, 0.25) is 5.60 Å². The smallest absolute Gasteiger partial charge is 0.334 e. The third kappa shape index (κ3) is 2.41. The molecule has 1 aliphatic heterocycles. The summed E-state index contributed by atoms with van der Waals surface area (Å²) in [6.45, 7) is 5.38. The molecule has 0 N–H and O–H groups in total. The number of fused-ring (bicyclic) bond motifs is 2. The lowest BCUT2D eigenvalue weighted by molar-refractivity contribution is -0.150. The average molecular weight is 348 g/mol. The summed E-state index contributed by atoms with van der Waals surface area (Å²) in [4.78, 5) is 14.6. The van der Waals surface area contributed by atoms with E-state index in [0.29, 0.717) is 11.3 Å². The molecule has 0 atom stereocenters. The Kier molecular flexibility index (Phi) is 3.77. The van der Waals surface area contributed by atoms with Crippen LogP contribution in [-0.2, 0) is 15.1 Å². The standard InChI is InChI=1S/C21H16O3S/c1-14(2)20(22)24-21(19-12-7-13-23-19)15-8-3-5-10-17(15)25-18-11-6-4-9-16(18)21/h3-13H,1H2,2H3. The molecule has 124 valence electrons. The number of rotatable bonds is 3. The second-order valence-corrected chi connectivity index (χ2v) is 7.01. The lowest BCUT2D eigenvalue weighted by Gasteiger charge is -2.38. The number of hydrogen-bond acceptors (Lipinski definition) is 4. The van der Waals surface area contributed by atoms with Crippen LogP contribution in [0.4, 0.5) is 0 Å². The van der Waals surface area contributed by atoms with E-state index in [2.05, 4.69) is 6.58 Å². The fourth-order valence-corrected chi connectivity index (χ4v) is 4.26. The maximum Gasteiger partial charge on any atom is 0.334 e. The van der Waals surface area contributed by atoms with Crippen LogP contribution in [0.5, 0.6) is 0 Å². The Bertz CT molecular complexity index is 911. The number of ether oxygens (including phenoxy) is 1. The third-order valence-corrected chi connectivity index (χ3v) is 5.37. The lowest BCUT2D eigenvalue weighted by Crippen LogP contribution is -2.37. The summed E-state index contributed by atoms with van der Waals surface area (Å²) >= 11 is 1.66. The van der Waals surface area contributed by atoms with E-state index in [9.17, 15) is 4.79 Å². The van der Waals surface area contributed by atoms with Crippen molar-refractivity contribution in [1.29, 1.82) is 0 Å². The molecule has 0 amide bonds.